The molecule has 17 heavy (non-hydrogen) atoms. The normalized spacial score (nSPS) is 18.0. The Morgan fingerprint density at radius 1 is 1.06 bits per heavy atom. The lowest BCUT2D eigenvalue weighted by atomic mass is 10.0. The number of ketones is 1. The van der Waals surface area contributed by atoms with Crippen molar-refractivity contribution in [3.8, 4) is 0 Å². The van der Waals surface area contributed by atoms with Crippen molar-refractivity contribution in [3.05, 3.63) is 35.9 Å². The molecule has 0 atom stereocenters. The van der Waals surface area contributed by atoms with Gasteiger partial charge in [-0.25, -0.2) is 0 Å². The summed E-state index contributed by atoms with van der Waals surface area (Å²) in [4.78, 5) is 12.6. The van der Waals surface area contributed by atoms with Crippen LogP contribution in [0.4, 0.5) is 0 Å². The molecule has 0 radical (unpaired) electrons. The zero-order chi connectivity index (χ0) is 12.3. The Labute approximate surface area is 107 Å². The highest BCUT2D eigenvalue weighted by molar-refractivity contribution is 7.98. The Hall–Kier alpha value is -0.760. The van der Waals surface area contributed by atoms with Crippen LogP contribution in [0.1, 0.15) is 43.5 Å². The van der Waals surface area contributed by atoms with Crippen molar-refractivity contribution in [1.82, 2.24) is 0 Å². The van der Waals surface area contributed by atoms with Gasteiger partial charge in [0.1, 0.15) is 11.5 Å². The van der Waals surface area contributed by atoms with Crippen LogP contribution in [-0.2, 0) is 10.9 Å². The molecule has 0 spiro atoms. The Kier molecular flexibility index (Phi) is 3.93. The number of carbonyl (C=O) groups excluding carboxylic acids is 1. The minimum absolute atomic E-state index is 0.179. The molecule has 0 N–H and O–H groups in total. The van der Waals surface area contributed by atoms with E-state index in [1.54, 1.807) is 0 Å². The summed E-state index contributed by atoms with van der Waals surface area (Å²) in [5.41, 5.74) is 0.871. The van der Waals surface area contributed by atoms with Gasteiger partial charge in [-0.05, 0) is 33.1 Å². The molecule has 1 nitrogen and oxygen atoms in total. The maximum absolute atomic E-state index is 12.6. The van der Waals surface area contributed by atoms with Crippen LogP contribution in [0.2, 0.25) is 0 Å². The topological polar surface area (TPSA) is 17.1 Å². The number of hydrogen-bond acceptors (Lipinski definition) is 1. The molecule has 0 bridgehead atoms. The summed E-state index contributed by atoms with van der Waals surface area (Å²) in [5.74, 6) is 2.81. The largest absolute Gasteiger partial charge is 0.288 e. The summed E-state index contributed by atoms with van der Waals surface area (Å²) in [7, 11) is 0.265. The highest BCUT2D eigenvalue weighted by Gasteiger charge is 2.45. The van der Waals surface area contributed by atoms with Crippen molar-refractivity contribution in [2.24, 2.45) is 0 Å². The van der Waals surface area contributed by atoms with Gasteiger partial charge in [-0.3, -0.25) is 4.79 Å². The van der Waals surface area contributed by atoms with E-state index in [2.05, 4.69) is 13.8 Å². The number of Topliss-reactive ketones (excluding diaryl/α,β-unsaturated/α-hetero) is 1. The van der Waals surface area contributed by atoms with E-state index in [0.29, 0.717) is 5.78 Å². The van der Waals surface area contributed by atoms with Crippen molar-refractivity contribution >= 4 is 16.7 Å². The van der Waals surface area contributed by atoms with Gasteiger partial charge in [0.05, 0.1) is 0 Å². The summed E-state index contributed by atoms with van der Waals surface area (Å²) >= 11 is 0. The van der Waals surface area contributed by atoms with Gasteiger partial charge in [-0.1, -0.05) is 30.3 Å². The predicted molar refractivity (Wildman–Crippen MR) is 75.8 cm³/mol. The van der Waals surface area contributed by atoms with Crippen LogP contribution in [0.25, 0.3) is 0 Å². The Morgan fingerprint density at radius 3 is 2.24 bits per heavy atom. The second kappa shape index (κ2) is 5.26. The minimum Gasteiger partial charge on any atom is -0.288 e. The summed E-state index contributed by atoms with van der Waals surface area (Å²) in [6.45, 7) is 4.27. The predicted octanol–water partition coefficient (Wildman–Crippen LogP) is 3.45. The molecule has 2 rings (SSSR count). The van der Waals surface area contributed by atoms with Gasteiger partial charge >= 0.3 is 0 Å². The van der Waals surface area contributed by atoms with Crippen LogP contribution in [0.3, 0.4) is 0 Å². The van der Waals surface area contributed by atoms with Gasteiger partial charge < -0.3 is 0 Å². The van der Waals surface area contributed by atoms with E-state index in [-0.39, 0.29) is 15.6 Å². The summed E-state index contributed by atoms with van der Waals surface area (Å²) in [6.07, 6.45) is 3.95. The average Bonchev–Trinajstić information content (AvgIpc) is 2.40. The highest BCUT2D eigenvalue weighted by atomic mass is 32.2. The third kappa shape index (κ3) is 2.74. The molecular formula is C15H21OS+. The fourth-order valence-electron chi connectivity index (χ4n) is 2.41. The van der Waals surface area contributed by atoms with Gasteiger partial charge in [0.15, 0.2) is 4.75 Å². The molecule has 1 fully saturated rings. The van der Waals surface area contributed by atoms with Crippen LogP contribution in [-0.4, -0.2) is 22.0 Å². The number of hydrogen-bond donors (Lipinski definition) is 0. The molecule has 0 aliphatic carbocycles. The van der Waals surface area contributed by atoms with Gasteiger partial charge in [0, 0.05) is 16.5 Å². The second-order valence-corrected chi connectivity index (χ2v) is 7.99. The van der Waals surface area contributed by atoms with Gasteiger partial charge in [-0.2, -0.15) is 0 Å². The standard InChI is InChI=1S/C15H21OS/c1-15(2,17-11-7-4-8-12-17)14(16)13-9-5-3-6-10-13/h3,5-6,9-10H,4,7-8,11-12H2,1-2H3/q+1. The molecule has 1 aliphatic rings. The van der Waals surface area contributed by atoms with Crippen molar-refractivity contribution in [2.75, 3.05) is 11.5 Å². The minimum atomic E-state index is -0.179. The van der Waals surface area contributed by atoms with Crippen LogP contribution >= 0.6 is 0 Å². The van der Waals surface area contributed by atoms with E-state index in [1.165, 1.54) is 30.8 Å². The van der Waals surface area contributed by atoms with Crippen LogP contribution < -0.4 is 0 Å². The Balaban J connectivity index is 2.17. The third-order valence-corrected chi connectivity index (χ3v) is 6.78. The molecule has 0 amide bonds. The molecule has 2 heteroatoms. The van der Waals surface area contributed by atoms with Gasteiger partial charge in [0.25, 0.3) is 0 Å². The van der Waals surface area contributed by atoms with Crippen LogP contribution in [0, 0.1) is 0 Å². The molecular weight excluding hydrogens is 228 g/mol. The maximum atomic E-state index is 12.6. The molecule has 0 unspecified atom stereocenters. The first-order chi connectivity index (χ1) is 8.12. The van der Waals surface area contributed by atoms with E-state index in [9.17, 15) is 4.79 Å². The van der Waals surface area contributed by atoms with Crippen LogP contribution in [0.15, 0.2) is 30.3 Å². The molecule has 1 saturated heterocycles. The first-order valence-corrected chi connectivity index (χ1v) is 7.96. The number of benzene rings is 1. The van der Waals surface area contributed by atoms with E-state index < -0.39 is 0 Å². The third-order valence-electron chi connectivity index (χ3n) is 3.59. The fourth-order valence-corrected chi connectivity index (χ4v) is 5.12. The SMILES string of the molecule is CC(C)(C(=O)c1ccccc1)[S+]1CCCCC1. The number of carbonyl (C=O) groups is 1. The summed E-state index contributed by atoms with van der Waals surface area (Å²) < 4.78 is -0.179. The lowest BCUT2D eigenvalue weighted by molar-refractivity contribution is 0.0956. The number of rotatable bonds is 3. The van der Waals surface area contributed by atoms with Crippen molar-refractivity contribution in [3.63, 3.8) is 0 Å². The fraction of sp³-hybridized carbons (Fsp3) is 0.533. The first kappa shape index (κ1) is 12.7. The molecule has 1 aromatic rings. The average molecular weight is 249 g/mol. The summed E-state index contributed by atoms with van der Waals surface area (Å²) in [6, 6.07) is 9.75. The molecule has 1 aromatic carbocycles. The van der Waals surface area contributed by atoms with E-state index >= 15 is 0 Å². The second-order valence-electron chi connectivity index (χ2n) is 5.17. The van der Waals surface area contributed by atoms with Crippen molar-refractivity contribution < 1.29 is 4.79 Å². The zero-order valence-electron chi connectivity index (χ0n) is 10.7. The van der Waals surface area contributed by atoms with E-state index in [1.807, 2.05) is 30.3 Å². The van der Waals surface area contributed by atoms with Crippen molar-refractivity contribution in [2.45, 2.75) is 37.9 Å². The maximum Gasteiger partial charge on any atom is 0.217 e. The zero-order valence-corrected chi connectivity index (χ0v) is 11.6. The Morgan fingerprint density at radius 2 is 1.65 bits per heavy atom. The van der Waals surface area contributed by atoms with E-state index in [4.69, 9.17) is 0 Å². The molecule has 1 aliphatic heterocycles. The quantitative estimate of drug-likeness (QED) is 0.592. The van der Waals surface area contributed by atoms with Gasteiger partial charge in [-0.15, -0.1) is 0 Å². The highest BCUT2D eigenvalue weighted by Crippen LogP contribution is 2.29. The molecule has 0 saturated carbocycles. The summed E-state index contributed by atoms with van der Waals surface area (Å²) in [5, 5.41) is 0. The smallest absolute Gasteiger partial charge is 0.217 e. The Bertz CT molecular complexity index is 377. The van der Waals surface area contributed by atoms with Crippen LogP contribution in [0.5, 0.6) is 0 Å². The lowest BCUT2D eigenvalue weighted by Crippen LogP contribution is -2.45. The monoisotopic (exact) mass is 249 g/mol. The van der Waals surface area contributed by atoms with Crippen molar-refractivity contribution in [1.29, 1.82) is 0 Å². The molecule has 0 aromatic heterocycles. The van der Waals surface area contributed by atoms with E-state index in [0.717, 1.165) is 5.56 Å². The first-order valence-electron chi connectivity index (χ1n) is 6.40. The molecule has 92 valence electrons. The lowest BCUT2D eigenvalue weighted by Gasteiger charge is -2.27. The molecule has 1 heterocycles. The van der Waals surface area contributed by atoms with Gasteiger partial charge in [0.2, 0.25) is 5.78 Å².